The quantitative estimate of drug-likeness (QED) is 0.881. The Bertz CT molecular complexity index is 586. The zero-order valence-corrected chi connectivity index (χ0v) is 12.6. The number of benzene rings is 1. The highest BCUT2D eigenvalue weighted by Gasteiger charge is 2.21. The van der Waals surface area contributed by atoms with Crippen LogP contribution in [0.2, 0.25) is 0 Å². The molecule has 0 unspecified atom stereocenters. The molecular formula is C14H16N2OS2. The monoisotopic (exact) mass is 292 g/mol. The first kappa shape index (κ1) is 14.0. The molecule has 0 radical (unpaired) electrons. The predicted molar refractivity (Wildman–Crippen MR) is 84.8 cm³/mol. The Morgan fingerprint density at radius 2 is 2.11 bits per heavy atom. The number of rotatable bonds is 4. The number of amides is 1. The Labute approximate surface area is 122 Å². The van der Waals surface area contributed by atoms with Gasteiger partial charge in [0, 0.05) is 10.7 Å². The number of nitrogens with zero attached hydrogens (tertiary/aromatic N) is 1. The zero-order valence-electron chi connectivity index (χ0n) is 10.9. The smallest absolute Gasteiger partial charge is 0.264 e. The third kappa shape index (κ3) is 3.11. The van der Waals surface area contributed by atoms with Crippen LogP contribution >= 0.6 is 23.6 Å². The van der Waals surface area contributed by atoms with Crippen molar-refractivity contribution >= 4 is 44.5 Å². The molecule has 0 aliphatic heterocycles. The topological polar surface area (TPSA) is 46.3 Å². The Morgan fingerprint density at radius 3 is 2.68 bits per heavy atom. The van der Waals surface area contributed by atoms with Crippen molar-refractivity contribution < 1.29 is 4.79 Å². The second kappa shape index (κ2) is 5.67. The maximum Gasteiger partial charge on any atom is 0.264 e. The fourth-order valence-electron chi connectivity index (χ4n) is 1.89. The summed E-state index contributed by atoms with van der Waals surface area (Å²) in [5.41, 5.74) is 5.56. The summed E-state index contributed by atoms with van der Waals surface area (Å²) in [6.07, 6.45) is 0. The Hall–Kier alpha value is -1.46. The van der Waals surface area contributed by atoms with Crippen LogP contribution in [0.25, 0.3) is 10.1 Å². The molecule has 1 amide bonds. The van der Waals surface area contributed by atoms with Crippen LogP contribution in [0, 0.1) is 0 Å². The van der Waals surface area contributed by atoms with Crippen LogP contribution in [-0.2, 0) is 0 Å². The molecule has 3 nitrogen and oxygen atoms in total. The van der Waals surface area contributed by atoms with Gasteiger partial charge in [-0.15, -0.1) is 11.3 Å². The molecule has 0 aliphatic rings. The second-order valence-electron chi connectivity index (χ2n) is 4.64. The number of hydrogen-bond acceptors (Lipinski definition) is 3. The zero-order chi connectivity index (χ0) is 14.0. The standard InChI is InChI=1S/C14H16N2OS2/c1-9(2)16(8-13(15)18)14(17)12-7-10-5-3-4-6-11(10)19-12/h3-7,9H,8H2,1-2H3,(H2,15,18). The van der Waals surface area contributed by atoms with E-state index in [2.05, 4.69) is 0 Å². The maximum absolute atomic E-state index is 12.5. The molecule has 100 valence electrons. The van der Waals surface area contributed by atoms with Crippen molar-refractivity contribution in [1.29, 1.82) is 0 Å². The Balaban J connectivity index is 2.32. The van der Waals surface area contributed by atoms with Gasteiger partial charge in [0.25, 0.3) is 5.91 Å². The lowest BCUT2D eigenvalue weighted by atomic mass is 10.2. The number of fused-ring (bicyclic) bond motifs is 1. The van der Waals surface area contributed by atoms with E-state index < -0.39 is 0 Å². The van der Waals surface area contributed by atoms with Crippen LogP contribution in [0.4, 0.5) is 0 Å². The van der Waals surface area contributed by atoms with E-state index in [-0.39, 0.29) is 11.9 Å². The van der Waals surface area contributed by atoms with Crippen molar-refractivity contribution in [2.45, 2.75) is 19.9 Å². The number of thiocarbonyl (C=S) groups is 1. The summed E-state index contributed by atoms with van der Waals surface area (Å²) in [5.74, 6) is -0.0102. The SMILES string of the molecule is CC(C)N(CC(N)=S)C(=O)c1cc2ccccc2s1. The largest absolute Gasteiger partial charge is 0.392 e. The average molecular weight is 292 g/mol. The fourth-order valence-corrected chi connectivity index (χ4v) is 3.04. The van der Waals surface area contributed by atoms with Gasteiger partial charge in [-0.3, -0.25) is 4.79 Å². The summed E-state index contributed by atoms with van der Waals surface area (Å²) in [4.78, 5) is 15.3. The van der Waals surface area contributed by atoms with Gasteiger partial charge in [0.15, 0.2) is 0 Å². The van der Waals surface area contributed by atoms with Crippen LogP contribution in [-0.4, -0.2) is 28.4 Å². The normalized spacial score (nSPS) is 10.9. The molecule has 0 atom stereocenters. The maximum atomic E-state index is 12.5. The minimum absolute atomic E-state index is 0.0102. The van der Waals surface area contributed by atoms with Gasteiger partial charge >= 0.3 is 0 Å². The first-order valence-electron chi connectivity index (χ1n) is 6.07. The highest BCUT2D eigenvalue weighted by molar-refractivity contribution is 7.80. The van der Waals surface area contributed by atoms with Gasteiger partial charge in [0.05, 0.1) is 16.4 Å². The van der Waals surface area contributed by atoms with Gasteiger partial charge in [-0.05, 0) is 31.4 Å². The molecule has 19 heavy (non-hydrogen) atoms. The number of carbonyl (C=O) groups is 1. The third-order valence-electron chi connectivity index (χ3n) is 2.85. The van der Waals surface area contributed by atoms with E-state index >= 15 is 0 Å². The van der Waals surface area contributed by atoms with Crippen molar-refractivity contribution in [2.24, 2.45) is 5.73 Å². The molecular weight excluding hydrogens is 276 g/mol. The first-order chi connectivity index (χ1) is 8.99. The minimum atomic E-state index is -0.0102. The van der Waals surface area contributed by atoms with E-state index in [1.54, 1.807) is 4.90 Å². The van der Waals surface area contributed by atoms with E-state index in [9.17, 15) is 4.79 Å². The molecule has 0 bridgehead atoms. The molecule has 2 rings (SSSR count). The van der Waals surface area contributed by atoms with E-state index in [1.807, 2.05) is 44.2 Å². The molecule has 0 spiro atoms. The van der Waals surface area contributed by atoms with E-state index in [0.717, 1.165) is 15.0 Å². The lowest BCUT2D eigenvalue weighted by Crippen LogP contribution is -2.41. The fraction of sp³-hybridized carbons (Fsp3) is 0.286. The van der Waals surface area contributed by atoms with E-state index in [1.165, 1.54) is 11.3 Å². The van der Waals surface area contributed by atoms with Gasteiger partial charge < -0.3 is 10.6 Å². The van der Waals surface area contributed by atoms with Crippen LogP contribution in [0.15, 0.2) is 30.3 Å². The molecule has 0 fully saturated rings. The lowest BCUT2D eigenvalue weighted by molar-refractivity contribution is 0.0741. The summed E-state index contributed by atoms with van der Waals surface area (Å²) in [7, 11) is 0. The molecule has 5 heteroatoms. The summed E-state index contributed by atoms with van der Waals surface area (Å²) in [5, 5.41) is 1.09. The van der Waals surface area contributed by atoms with Crippen LogP contribution in [0.3, 0.4) is 0 Å². The molecule has 1 heterocycles. The summed E-state index contributed by atoms with van der Waals surface area (Å²) in [6, 6.07) is 9.97. The lowest BCUT2D eigenvalue weighted by Gasteiger charge is -2.25. The van der Waals surface area contributed by atoms with Gasteiger partial charge in [-0.2, -0.15) is 0 Å². The van der Waals surface area contributed by atoms with Gasteiger partial charge in [-0.1, -0.05) is 30.4 Å². The van der Waals surface area contributed by atoms with Crippen molar-refractivity contribution in [3.63, 3.8) is 0 Å². The summed E-state index contributed by atoms with van der Waals surface area (Å²) >= 11 is 6.41. The Kier molecular flexibility index (Phi) is 4.17. The molecule has 1 aromatic carbocycles. The van der Waals surface area contributed by atoms with Crippen molar-refractivity contribution in [3.8, 4) is 0 Å². The number of hydrogen-bond donors (Lipinski definition) is 1. The molecule has 0 saturated carbocycles. The molecule has 2 aromatic rings. The highest BCUT2D eigenvalue weighted by Crippen LogP contribution is 2.26. The van der Waals surface area contributed by atoms with E-state index in [4.69, 9.17) is 18.0 Å². The van der Waals surface area contributed by atoms with Crippen molar-refractivity contribution in [2.75, 3.05) is 6.54 Å². The Morgan fingerprint density at radius 1 is 1.42 bits per heavy atom. The number of thiophene rings is 1. The van der Waals surface area contributed by atoms with Crippen LogP contribution in [0.1, 0.15) is 23.5 Å². The highest BCUT2D eigenvalue weighted by atomic mass is 32.1. The molecule has 2 N–H and O–H groups in total. The van der Waals surface area contributed by atoms with Crippen molar-refractivity contribution in [3.05, 3.63) is 35.2 Å². The number of nitrogens with two attached hydrogens (primary N) is 1. The third-order valence-corrected chi connectivity index (χ3v) is 4.08. The second-order valence-corrected chi connectivity index (χ2v) is 6.25. The average Bonchev–Trinajstić information content (AvgIpc) is 2.78. The van der Waals surface area contributed by atoms with Gasteiger partial charge in [0.1, 0.15) is 0 Å². The molecule has 0 aliphatic carbocycles. The predicted octanol–water partition coefficient (Wildman–Crippen LogP) is 3.04. The summed E-state index contributed by atoms with van der Waals surface area (Å²) in [6.45, 7) is 4.24. The number of carbonyl (C=O) groups excluding carboxylic acids is 1. The van der Waals surface area contributed by atoms with E-state index in [0.29, 0.717) is 11.5 Å². The van der Waals surface area contributed by atoms with Gasteiger partial charge in [-0.25, -0.2) is 0 Å². The minimum Gasteiger partial charge on any atom is -0.392 e. The van der Waals surface area contributed by atoms with Crippen LogP contribution < -0.4 is 5.73 Å². The first-order valence-corrected chi connectivity index (χ1v) is 7.29. The van der Waals surface area contributed by atoms with Crippen molar-refractivity contribution in [1.82, 2.24) is 4.90 Å². The summed E-state index contributed by atoms with van der Waals surface area (Å²) < 4.78 is 1.12. The molecule has 1 aromatic heterocycles. The van der Waals surface area contributed by atoms with Crippen LogP contribution in [0.5, 0.6) is 0 Å². The molecule has 0 saturated heterocycles. The van der Waals surface area contributed by atoms with Gasteiger partial charge in [0.2, 0.25) is 0 Å².